The van der Waals surface area contributed by atoms with E-state index in [9.17, 15) is 19.2 Å². The highest BCUT2D eigenvalue weighted by Crippen LogP contribution is 2.45. The maximum absolute atomic E-state index is 13.0. The summed E-state index contributed by atoms with van der Waals surface area (Å²) in [4.78, 5) is 51.5. The molecule has 1 aromatic carbocycles. The molecule has 1 aromatic rings. The number of Topliss-reactive ketones (excluding diaryl/α,β-unsaturated/α-hetero) is 1. The lowest BCUT2D eigenvalue weighted by atomic mass is 9.91. The van der Waals surface area contributed by atoms with E-state index in [1.807, 2.05) is 0 Å². The third-order valence-electron chi connectivity index (χ3n) is 4.47. The summed E-state index contributed by atoms with van der Waals surface area (Å²) in [5.74, 6) is -3.39. The monoisotopic (exact) mass is 481 g/mol. The molecule has 0 bridgehead atoms. The Balaban J connectivity index is 2.43. The van der Waals surface area contributed by atoms with Crippen LogP contribution in [0.5, 0.6) is 0 Å². The van der Waals surface area contributed by atoms with Gasteiger partial charge in [-0.25, -0.2) is 4.79 Å². The maximum Gasteiger partial charge on any atom is 0.330 e. The molecule has 0 fully saturated rings. The number of fused-ring (bicyclic) bond motifs is 1. The predicted molar refractivity (Wildman–Crippen MR) is 111 cm³/mol. The van der Waals surface area contributed by atoms with Crippen LogP contribution in [0.4, 0.5) is 0 Å². The summed E-state index contributed by atoms with van der Waals surface area (Å²) in [6.45, 7) is 7.84. The molecule has 2 rings (SSSR count). The van der Waals surface area contributed by atoms with Gasteiger partial charge in [-0.2, -0.15) is 0 Å². The molecule has 1 heterocycles. The molecule has 1 atom stereocenters. The second-order valence-electron chi connectivity index (χ2n) is 7.96. The number of carbonyl (C=O) groups excluding carboxylic acids is 4. The lowest BCUT2D eigenvalue weighted by Crippen LogP contribution is -2.49. The first-order valence-electron chi connectivity index (χ1n) is 8.65. The highest BCUT2D eigenvalue weighted by molar-refractivity contribution is 6.55. The average molecular weight is 483 g/mol. The number of carbonyl (C=O) groups is 4. The SMILES string of the molecule is CC(C)[C@@H](C(=O)OCC(=O)C(C)(C)C)N1C(=O)c2c(Cl)c(Cl)c(Cl)c(Cl)c2C1=O. The fraction of sp³-hybridized carbons (Fsp3) is 0.474. The summed E-state index contributed by atoms with van der Waals surface area (Å²) in [5.41, 5.74) is -1.15. The van der Waals surface area contributed by atoms with Gasteiger partial charge in [-0.15, -0.1) is 0 Å². The third-order valence-corrected chi connectivity index (χ3v) is 6.27. The summed E-state index contributed by atoms with van der Waals surface area (Å²) < 4.78 is 5.12. The summed E-state index contributed by atoms with van der Waals surface area (Å²) in [7, 11) is 0. The van der Waals surface area contributed by atoms with E-state index in [1.165, 1.54) is 0 Å². The lowest BCUT2D eigenvalue weighted by Gasteiger charge is -2.28. The van der Waals surface area contributed by atoms with Gasteiger partial charge in [0.2, 0.25) is 0 Å². The van der Waals surface area contributed by atoms with Crippen molar-refractivity contribution < 1.29 is 23.9 Å². The summed E-state index contributed by atoms with van der Waals surface area (Å²) in [5, 5.41) is -0.787. The van der Waals surface area contributed by atoms with Crippen molar-refractivity contribution in [1.29, 1.82) is 0 Å². The molecule has 0 N–H and O–H groups in total. The molecule has 158 valence electrons. The smallest absolute Gasteiger partial charge is 0.330 e. The van der Waals surface area contributed by atoms with Gasteiger partial charge in [0.25, 0.3) is 11.8 Å². The largest absolute Gasteiger partial charge is 0.456 e. The van der Waals surface area contributed by atoms with Crippen LogP contribution in [0, 0.1) is 11.3 Å². The van der Waals surface area contributed by atoms with E-state index in [0.717, 1.165) is 4.90 Å². The standard InChI is InChI=1S/C19H19Cl4NO5/c1-7(2)15(18(28)29-6-8(25)19(3,4)5)24-16(26)9-10(17(24)27)12(21)14(23)13(22)11(9)20/h7,15H,6H2,1-5H3/t15-/m0/s1. The number of rotatable bonds is 5. The number of halogens is 4. The van der Waals surface area contributed by atoms with Gasteiger partial charge in [0, 0.05) is 5.41 Å². The Kier molecular flexibility index (Phi) is 6.95. The second-order valence-corrected chi connectivity index (χ2v) is 9.47. The molecule has 2 amide bonds. The Hall–Kier alpha value is -1.34. The zero-order chi connectivity index (χ0) is 22.4. The summed E-state index contributed by atoms with van der Waals surface area (Å²) in [6.07, 6.45) is 0. The van der Waals surface area contributed by atoms with Gasteiger partial charge in [0.05, 0.1) is 31.2 Å². The topological polar surface area (TPSA) is 80.8 Å². The van der Waals surface area contributed by atoms with Crippen LogP contribution in [0.2, 0.25) is 20.1 Å². The van der Waals surface area contributed by atoms with E-state index in [4.69, 9.17) is 51.1 Å². The average Bonchev–Trinajstić information content (AvgIpc) is 2.86. The number of ether oxygens (including phenoxy) is 1. The normalized spacial score (nSPS) is 15.0. The number of imide groups is 1. The highest BCUT2D eigenvalue weighted by Gasteiger charge is 2.48. The van der Waals surface area contributed by atoms with E-state index in [0.29, 0.717) is 0 Å². The molecule has 6 nitrogen and oxygen atoms in total. The molecule has 29 heavy (non-hydrogen) atoms. The van der Waals surface area contributed by atoms with Crippen molar-refractivity contribution in [3.05, 3.63) is 31.2 Å². The van der Waals surface area contributed by atoms with Crippen molar-refractivity contribution in [3.8, 4) is 0 Å². The lowest BCUT2D eigenvalue weighted by molar-refractivity contribution is -0.154. The van der Waals surface area contributed by atoms with Crippen LogP contribution in [-0.4, -0.2) is 41.1 Å². The number of nitrogens with zero attached hydrogens (tertiary/aromatic N) is 1. The number of esters is 1. The van der Waals surface area contributed by atoms with Crippen LogP contribution < -0.4 is 0 Å². The fourth-order valence-electron chi connectivity index (χ4n) is 2.73. The number of benzene rings is 1. The third kappa shape index (κ3) is 4.26. The van der Waals surface area contributed by atoms with Gasteiger partial charge >= 0.3 is 5.97 Å². The minimum atomic E-state index is -1.29. The Morgan fingerprint density at radius 3 is 1.66 bits per heavy atom. The molecule has 0 aromatic heterocycles. The van der Waals surface area contributed by atoms with Gasteiger partial charge in [-0.3, -0.25) is 19.3 Å². The number of hydrogen-bond acceptors (Lipinski definition) is 5. The quantitative estimate of drug-likeness (QED) is 0.253. The predicted octanol–water partition coefficient (Wildman–Crippen LogP) is 5.08. The molecule has 0 saturated carbocycles. The van der Waals surface area contributed by atoms with E-state index >= 15 is 0 Å². The van der Waals surface area contributed by atoms with Crippen LogP contribution in [0.1, 0.15) is 55.3 Å². The van der Waals surface area contributed by atoms with E-state index in [-0.39, 0.29) is 37.0 Å². The highest BCUT2D eigenvalue weighted by atomic mass is 35.5. The molecule has 0 saturated heterocycles. The molecule has 0 spiro atoms. The van der Waals surface area contributed by atoms with Crippen molar-refractivity contribution in [1.82, 2.24) is 4.90 Å². The first kappa shape index (κ1) is 23.9. The van der Waals surface area contributed by atoms with Gasteiger partial charge in [0.15, 0.2) is 12.4 Å². The van der Waals surface area contributed by atoms with Crippen molar-refractivity contribution >= 4 is 70.0 Å². The minimum Gasteiger partial charge on any atom is -0.456 e. The second kappa shape index (κ2) is 8.42. The molecule has 10 heteroatoms. The summed E-state index contributed by atoms with van der Waals surface area (Å²) >= 11 is 24.2. The Bertz CT molecular complexity index is 873. The first-order chi connectivity index (χ1) is 13.2. The van der Waals surface area contributed by atoms with E-state index in [2.05, 4.69) is 0 Å². The molecule has 1 aliphatic rings. The number of ketones is 1. The molecule has 0 aliphatic carbocycles. The van der Waals surface area contributed by atoms with Gasteiger partial charge in [-0.1, -0.05) is 81.0 Å². The molecule has 0 radical (unpaired) electrons. The Labute approximate surface area is 188 Å². The van der Waals surface area contributed by atoms with Crippen LogP contribution >= 0.6 is 46.4 Å². The van der Waals surface area contributed by atoms with Crippen molar-refractivity contribution in [2.45, 2.75) is 40.7 Å². The van der Waals surface area contributed by atoms with Crippen molar-refractivity contribution in [2.75, 3.05) is 6.61 Å². The molecular weight excluding hydrogens is 464 g/mol. The number of hydrogen-bond donors (Lipinski definition) is 0. The Morgan fingerprint density at radius 1 is 0.897 bits per heavy atom. The van der Waals surface area contributed by atoms with E-state index in [1.54, 1.807) is 34.6 Å². The number of amides is 2. The molecule has 1 aliphatic heterocycles. The van der Waals surface area contributed by atoms with Crippen LogP contribution in [0.3, 0.4) is 0 Å². The van der Waals surface area contributed by atoms with Crippen molar-refractivity contribution in [3.63, 3.8) is 0 Å². The zero-order valence-electron chi connectivity index (χ0n) is 16.4. The van der Waals surface area contributed by atoms with Gasteiger partial charge < -0.3 is 4.74 Å². The van der Waals surface area contributed by atoms with Crippen LogP contribution in [-0.2, 0) is 14.3 Å². The van der Waals surface area contributed by atoms with Gasteiger partial charge in [0.1, 0.15) is 6.04 Å². The minimum absolute atomic E-state index is 0.167. The van der Waals surface area contributed by atoms with Crippen LogP contribution in [0.15, 0.2) is 0 Å². The molecule has 0 unspecified atom stereocenters. The van der Waals surface area contributed by atoms with E-state index < -0.39 is 41.8 Å². The van der Waals surface area contributed by atoms with Gasteiger partial charge in [-0.05, 0) is 5.92 Å². The first-order valence-corrected chi connectivity index (χ1v) is 10.2. The maximum atomic E-state index is 13.0. The molecular formula is C19H19Cl4NO5. The Morgan fingerprint density at radius 2 is 1.31 bits per heavy atom. The summed E-state index contributed by atoms with van der Waals surface area (Å²) in [6, 6.07) is -1.29. The van der Waals surface area contributed by atoms with Crippen molar-refractivity contribution in [2.24, 2.45) is 11.3 Å². The zero-order valence-corrected chi connectivity index (χ0v) is 19.4. The van der Waals surface area contributed by atoms with Crippen LogP contribution in [0.25, 0.3) is 0 Å². The fourth-order valence-corrected chi connectivity index (χ4v) is 3.75.